The fourth-order valence-corrected chi connectivity index (χ4v) is 1.80. The summed E-state index contributed by atoms with van der Waals surface area (Å²) in [6.45, 7) is 8.25. The molecule has 1 aromatic rings. The van der Waals surface area contributed by atoms with Crippen molar-refractivity contribution in [2.24, 2.45) is 0 Å². The van der Waals surface area contributed by atoms with E-state index in [1.807, 2.05) is 0 Å². The van der Waals surface area contributed by atoms with E-state index in [1.165, 1.54) is 4.68 Å². The first kappa shape index (κ1) is 16.7. The van der Waals surface area contributed by atoms with E-state index in [9.17, 15) is 4.79 Å². The Morgan fingerprint density at radius 2 is 2.25 bits per heavy atom. The second-order valence-electron chi connectivity index (χ2n) is 4.39. The van der Waals surface area contributed by atoms with E-state index in [2.05, 4.69) is 23.9 Å². The SMILES string of the molecule is C=CCn1ncc(NCCCOCCCC)c(Cl)c1=O. The summed E-state index contributed by atoms with van der Waals surface area (Å²) in [7, 11) is 0. The summed E-state index contributed by atoms with van der Waals surface area (Å²) in [5, 5.41) is 7.28. The van der Waals surface area contributed by atoms with Crippen LogP contribution >= 0.6 is 11.6 Å². The lowest BCUT2D eigenvalue weighted by Gasteiger charge is -2.09. The summed E-state index contributed by atoms with van der Waals surface area (Å²) in [5.74, 6) is 0. The lowest BCUT2D eigenvalue weighted by molar-refractivity contribution is 0.131. The molecule has 0 aliphatic carbocycles. The van der Waals surface area contributed by atoms with Crippen molar-refractivity contribution >= 4 is 17.3 Å². The van der Waals surface area contributed by atoms with E-state index >= 15 is 0 Å². The Labute approximate surface area is 124 Å². The normalized spacial score (nSPS) is 10.5. The van der Waals surface area contributed by atoms with Gasteiger partial charge in [-0.1, -0.05) is 31.0 Å². The molecule has 0 amide bonds. The summed E-state index contributed by atoms with van der Waals surface area (Å²) in [5.41, 5.74) is 0.251. The molecule has 1 N–H and O–H groups in total. The molecule has 0 atom stereocenters. The third kappa shape index (κ3) is 5.35. The quantitative estimate of drug-likeness (QED) is 0.533. The van der Waals surface area contributed by atoms with Crippen LogP contribution in [0.2, 0.25) is 5.02 Å². The monoisotopic (exact) mass is 299 g/mol. The van der Waals surface area contributed by atoms with Crippen LogP contribution in [-0.2, 0) is 11.3 Å². The Kier molecular flexibility index (Phi) is 7.99. The van der Waals surface area contributed by atoms with Crippen LogP contribution in [0.4, 0.5) is 5.69 Å². The number of unbranched alkanes of at least 4 members (excludes halogenated alkanes) is 1. The molecule has 0 radical (unpaired) electrons. The largest absolute Gasteiger partial charge is 0.382 e. The van der Waals surface area contributed by atoms with Crippen molar-refractivity contribution in [3.8, 4) is 0 Å². The van der Waals surface area contributed by atoms with E-state index < -0.39 is 0 Å². The van der Waals surface area contributed by atoms with Gasteiger partial charge in [-0.2, -0.15) is 5.10 Å². The van der Waals surface area contributed by atoms with Crippen LogP contribution in [0.15, 0.2) is 23.6 Å². The van der Waals surface area contributed by atoms with Gasteiger partial charge in [-0.05, 0) is 12.8 Å². The highest BCUT2D eigenvalue weighted by molar-refractivity contribution is 6.32. The highest BCUT2D eigenvalue weighted by Gasteiger charge is 2.07. The van der Waals surface area contributed by atoms with Crippen LogP contribution in [0.5, 0.6) is 0 Å². The zero-order valence-corrected chi connectivity index (χ0v) is 12.7. The summed E-state index contributed by atoms with van der Waals surface area (Å²) >= 11 is 6.01. The van der Waals surface area contributed by atoms with Crippen molar-refractivity contribution in [2.75, 3.05) is 25.1 Å². The standard InChI is InChI=1S/C14H22ClN3O2/c1-3-5-9-20-10-6-7-16-12-11-17-18(8-4-2)14(19)13(12)15/h4,11,16H,2-3,5-10H2,1H3. The molecule has 6 heteroatoms. The highest BCUT2D eigenvalue weighted by atomic mass is 35.5. The maximum absolute atomic E-state index is 11.8. The van der Waals surface area contributed by atoms with Gasteiger partial charge in [0, 0.05) is 19.8 Å². The van der Waals surface area contributed by atoms with Crippen LogP contribution in [0.3, 0.4) is 0 Å². The Hall–Kier alpha value is -1.33. The van der Waals surface area contributed by atoms with Gasteiger partial charge in [0.25, 0.3) is 5.56 Å². The fraction of sp³-hybridized carbons (Fsp3) is 0.571. The Bertz CT molecular complexity index is 474. The number of ether oxygens (including phenoxy) is 1. The molecule has 0 fully saturated rings. The zero-order chi connectivity index (χ0) is 14.8. The lowest BCUT2D eigenvalue weighted by Crippen LogP contribution is -2.24. The van der Waals surface area contributed by atoms with Crippen LogP contribution in [0, 0.1) is 0 Å². The predicted octanol–water partition coefficient (Wildman–Crippen LogP) is 2.70. The molecule has 20 heavy (non-hydrogen) atoms. The number of allylic oxidation sites excluding steroid dienone is 1. The molecule has 0 saturated carbocycles. The summed E-state index contributed by atoms with van der Waals surface area (Å²) in [6, 6.07) is 0. The maximum Gasteiger partial charge on any atom is 0.287 e. The molecular weight excluding hydrogens is 278 g/mol. The zero-order valence-electron chi connectivity index (χ0n) is 11.9. The van der Waals surface area contributed by atoms with E-state index in [-0.39, 0.29) is 10.6 Å². The number of hydrogen-bond donors (Lipinski definition) is 1. The van der Waals surface area contributed by atoms with Crippen molar-refractivity contribution < 1.29 is 4.74 Å². The van der Waals surface area contributed by atoms with Crippen molar-refractivity contribution in [3.63, 3.8) is 0 Å². The molecule has 5 nitrogen and oxygen atoms in total. The van der Waals surface area contributed by atoms with Gasteiger partial charge >= 0.3 is 0 Å². The number of aromatic nitrogens is 2. The van der Waals surface area contributed by atoms with Gasteiger partial charge in [0.1, 0.15) is 5.02 Å². The molecule has 0 aliphatic heterocycles. The highest BCUT2D eigenvalue weighted by Crippen LogP contribution is 2.14. The Morgan fingerprint density at radius 1 is 1.50 bits per heavy atom. The number of anilines is 1. The van der Waals surface area contributed by atoms with Gasteiger partial charge in [-0.15, -0.1) is 6.58 Å². The van der Waals surface area contributed by atoms with Gasteiger partial charge in [-0.3, -0.25) is 4.79 Å². The van der Waals surface area contributed by atoms with E-state index in [1.54, 1.807) is 12.3 Å². The average Bonchev–Trinajstić information content (AvgIpc) is 2.45. The number of hydrogen-bond acceptors (Lipinski definition) is 4. The fourth-order valence-electron chi connectivity index (χ4n) is 1.59. The van der Waals surface area contributed by atoms with Crippen molar-refractivity contribution in [1.82, 2.24) is 9.78 Å². The van der Waals surface area contributed by atoms with Gasteiger partial charge in [0.15, 0.2) is 0 Å². The second-order valence-corrected chi connectivity index (χ2v) is 4.77. The molecule has 1 heterocycles. The maximum atomic E-state index is 11.8. The van der Waals surface area contributed by atoms with Gasteiger partial charge in [0.2, 0.25) is 0 Å². The second kappa shape index (κ2) is 9.55. The number of halogens is 1. The number of nitrogens with zero attached hydrogens (tertiary/aromatic N) is 2. The first-order chi connectivity index (χ1) is 9.70. The Balaban J connectivity index is 2.39. The summed E-state index contributed by atoms with van der Waals surface area (Å²) < 4.78 is 6.72. The topological polar surface area (TPSA) is 56.1 Å². The molecule has 0 spiro atoms. The minimum Gasteiger partial charge on any atom is -0.382 e. The van der Waals surface area contributed by atoms with Gasteiger partial charge in [-0.25, -0.2) is 4.68 Å². The smallest absolute Gasteiger partial charge is 0.287 e. The molecular formula is C14H22ClN3O2. The third-order valence-electron chi connectivity index (χ3n) is 2.71. The van der Waals surface area contributed by atoms with E-state index in [4.69, 9.17) is 16.3 Å². The van der Waals surface area contributed by atoms with Crippen molar-refractivity contribution in [3.05, 3.63) is 34.2 Å². The minimum atomic E-state index is -0.309. The lowest BCUT2D eigenvalue weighted by atomic mass is 10.3. The molecule has 112 valence electrons. The third-order valence-corrected chi connectivity index (χ3v) is 3.08. The first-order valence-electron chi connectivity index (χ1n) is 6.88. The van der Waals surface area contributed by atoms with Gasteiger partial charge < -0.3 is 10.1 Å². The van der Waals surface area contributed by atoms with Crippen molar-refractivity contribution in [1.29, 1.82) is 0 Å². The molecule has 1 rings (SSSR count). The number of nitrogens with one attached hydrogen (secondary N) is 1. The molecule has 0 bridgehead atoms. The molecule has 0 saturated heterocycles. The first-order valence-corrected chi connectivity index (χ1v) is 7.26. The van der Waals surface area contributed by atoms with Crippen LogP contribution in [0.1, 0.15) is 26.2 Å². The molecule has 0 aliphatic rings. The average molecular weight is 300 g/mol. The van der Waals surface area contributed by atoms with Gasteiger partial charge in [0.05, 0.1) is 18.4 Å². The number of rotatable bonds is 10. The molecule has 0 unspecified atom stereocenters. The van der Waals surface area contributed by atoms with Crippen LogP contribution in [0.25, 0.3) is 0 Å². The van der Waals surface area contributed by atoms with Crippen LogP contribution < -0.4 is 10.9 Å². The summed E-state index contributed by atoms with van der Waals surface area (Å²) in [6.07, 6.45) is 6.25. The molecule has 1 aromatic heterocycles. The van der Waals surface area contributed by atoms with Crippen LogP contribution in [-0.4, -0.2) is 29.5 Å². The minimum absolute atomic E-state index is 0.161. The summed E-state index contributed by atoms with van der Waals surface area (Å²) in [4.78, 5) is 11.8. The predicted molar refractivity (Wildman–Crippen MR) is 82.5 cm³/mol. The Morgan fingerprint density at radius 3 is 2.95 bits per heavy atom. The molecule has 0 aromatic carbocycles. The van der Waals surface area contributed by atoms with Crippen molar-refractivity contribution in [2.45, 2.75) is 32.7 Å². The van der Waals surface area contributed by atoms with E-state index in [0.29, 0.717) is 25.4 Å². The van der Waals surface area contributed by atoms with E-state index in [0.717, 1.165) is 25.9 Å².